The van der Waals surface area contributed by atoms with Crippen LogP contribution in [0.25, 0.3) is 0 Å². The van der Waals surface area contributed by atoms with Gasteiger partial charge in [0.15, 0.2) is 0 Å². The lowest BCUT2D eigenvalue weighted by molar-refractivity contribution is -0.141. The van der Waals surface area contributed by atoms with Crippen LogP contribution in [0.15, 0.2) is 42.6 Å². The Kier molecular flexibility index (Phi) is 7.04. The van der Waals surface area contributed by atoms with Gasteiger partial charge in [-0.15, -0.1) is 0 Å². The molecule has 1 aromatic carbocycles. The van der Waals surface area contributed by atoms with E-state index in [2.05, 4.69) is 15.2 Å². The van der Waals surface area contributed by atoms with Gasteiger partial charge in [0.2, 0.25) is 5.91 Å². The number of amides is 1. The van der Waals surface area contributed by atoms with E-state index in [1.54, 1.807) is 25.3 Å². The second kappa shape index (κ2) is 9.96. The van der Waals surface area contributed by atoms with Crippen molar-refractivity contribution >= 4 is 11.6 Å². The number of ether oxygens (including phenoxy) is 3. The molecule has 1 aromatic heterocycles. The van der Waals surface area contributed by atoms with Gasteiger partial charge in [0.1, 0.15) is 23.8 Å². The summed E-state index contributed by atoms with van der Waals surface area (Å²) in [5.74, 6) is 1.09. The molecule has 0 radical (unpaired) electrons. The van der Waals surface area contributed by atoms with Gasteiger partial charge in [-0.25, -0.2) is 4.98 Å². The predicted molar refractivity (Wildman–Crippen MR) is 114 cm³/mol. The zero-order chi connectivity index (χ0) is 23.4. The number of nitrogens with zero attached hydrogens (tertiary/aromatic N) is 2. The van der Waals surface area contributed by atoms with Crippen LogP contribution < -0.4 is 15.0 Å². The van der Waals surface area contributed by atoms with Gasteiger partial charge in [-0.1, -0.05) is 6.07 Å². The van der Waals surface area contributed by atoms with Crippen LogP contribution in [0.5, 0.6) is 11.5 Å². The maximum absolute atomic E-state index is 12.7. The number of aromatic nitrogens is 1. The molecule has 1 saturated carbocycles. The van der Waals surface area contributed by atoms with Crippen molar-refractivity contribution in [1.29, 1.82) is 0 Å². The smallest absolute Gasteiger partial charge is 0.433 e. The molecule has 2 heterocycles. The van der Waals surface area contributed by atoms with Crippen molar-refractivity contribution in [3.05, 3.63) is 48.3 Å². The second-order valence-corrected chi connectivity index (χ2v) is 8.29. The standard InChI is InChI=1S/C23H26F3N3O4/c1-31-20-12-29(11-19(20)28-22(30)14-32-13-15-5-6-15)16-3-2-4-17(9-16)33-18-7-8-21(27-10-18)23(24,25)26/h2-4,7-10,15,19-20H,5-6,11-14H2,1H3,(H,28,30)/t19-,20+/m1/s1. The van der Waals surface area contributed by atoms with Gasteiger partial charge in [0, 0.05) is 32.0 Å². The highest BCUT2D eigenvalue weighted by molar-refractivity contribution is 5.77. The molecule has 4 rings (SSSR count). The van der Waals surface area contributed by atoms with E-state index in [0.29, 0.717) is 31.4 Å². The van der Waals surface area contributed by atoms with Crippen LogP contribution in [-0.2, 0) is 20.4 Å². The van der Waals surface area contributed by atoms with Crippen molar-refractivity contribution in [1.82, 2.24) is 10.3 Å². The van der Waals surface area contributed by atoms with E-state index in [9.17, 15) is 18.0 Å². The topological polar surface area (TPSA) is 72.9 Å². The minimum atomic E-state index is -4.50. The van der Waals surface area contributed by atoms with Crippen LogP contribution in [0.3, 0.4) is 0 Å². The van der Waals surface area contributed by atoms with Crippen molar-refractivity contribution in [2.75, 3.05) is 38.3 Å². The second-order valence-electron chi connectivity index (χ2n) is 8.29. The number of halogens is 3. The number of hydrogen-bond donors (Lipinski definition) is 1. The van der Waals surface area contributed by atoms with Crippen LogP contribution in [0.1, 0.15) is 18.5 Å². The summed E-state index contributed by atoms with van der Waals surface area (Å²) in [6.45, 7) is 1.76. The third-order valence-corrected chi connectivity index (χ3v) is 5.64. The van der Waals surface area contributed by atoms with Gasteiger partial charge in [-0.05, 0) is 43.0 Å². The van der Waals surface area contributed by atoms with Gasteiger partial charge < -0.3 is 24.4 Å². The number of nitrogens with one attached hydrogen (secondary N) is 1. The molecule has 2 fully saturated rings. The monoisotopic (exact) mass is 465 g/mol. The number of methoxy groups -OCH3 is 1. The van der Waals surface area contributed by atoms with Gasteiger partial charge in [0.05, 0.1) is 24.9 Å². The lowest BCUT2D eigenvalue weighted by Gasteiger charge is -2.19. The molecule has 7 nitrogen and oxygen atoms in total. The van der Waals surface area contributed by atoms with Crippen LogP contribution in [-0.4, -0.2) is 56.5 Å². The molecule has 2 atom stereocenters. The molecule has 1 amide bonds. The van der Waals surface area contributed by atoms with E-state index in [-0.39, 0.29) is 30.4 Å². The molecule has 1 N–H and O–H groups in total. The van der Waals surface area contributed by atoms with Gasteiger partial charge in [0.25, 0.3) is 0 Å². The van der Waals surface area contributed by atoms with Crippen LogP contribution >= 0.6 is 0 Å². The van der Waals surface area contributed by atoms with Gasteiger partial charge in [-0.3, -0.25) is 4.79 Å². The third-order valence-electron chi connectivity index (χ3n) is 5.64. The molecule has 1 aliphatic carbocycles. The van der Waals surface area contributed by atoms with Gasteiger partial charge in [-0.2, -0.15) is 13.2 Å². The largest absolute Gasteiger partial charge is 0.456 e. The number of carbonyl (C=O) groups is 1. The molecular formula is C23H26F3N3O4. The Morgan fingerprint density at radius 1 is 1.18 bits per heavy atom. The Bertz CT molecular complexity index is 951. The van der Waals surface area contributed by atoms with E-state index >= 15 is 0 Å². The zero-order valence-corrected chi connectivity index (χ0v) is 18.2. The number of hydrogen-bond acceptors (Lipinski definition) is 6. The average Bonchev–Trinajstić information content (AvgIpc) is 3.52. The molecule has 0 spiro atoms. The third kappa shape index (κ3) is 6.35. The highest BCUT2D eigenvalue weighted by atomic mass is 19.4. The average molecular weight is 465 g/mol. The summed E-state index contributed by atoms with van der Waals surface area (Å²) in [7, 11) is 1.61. The summed E-state index contributed by atoms with van der Waals surface area (Å²) in [4.78, 5) is 17.7. The van der Waals surface area contributed by atoms with Crippen molar-refractivity contribution in [3.8, 4) is 11.5 Å². The number of anilines is 1. The number of benzene rings is 1. The fourth-order valence-electron chi connectivity index (χ4n) is 3.70. The minimum absolute atomic E-state index is 0.0356. The molecular weight excluding hydrogens is 439 g/mol. The molecule has 2 aromatic rings. The van der Waals surface area contributed by atoms with Crippen molar-refractivity contribution in [2.45, 2.75) is 31.2 Å². The Morgan fingerprint density at radius 3 is 2.67 bits per heavy atom. The number of pyridine rings is 1. The van der Waals surface area contributed by atoms with E-state index in [4.69, 9.17) is 14.2 Å². The molecule has 1 saturated heterocycles. The van der Waals surface area contributed by atoms with E-state index in [1.807, 2.05) is 6.07 Å². The first-order valence-corrected chi connectivity index (χ1v) is 10.8. The SMILES string of the molecule is CO[C@H]1CN(c2cccc(Oc3ccc(C(F)(F)F)nc3)c2)C[C@H]1NC(=O)COCC1CC1. The van der Waals surface area contributed by atoms with Crippen molar-refractivity contribution < 1.29 is 32.2 Å². The lowest BCUT2D eigenvalue weighted by atomic mass is 10.2. The Hall–Kier alpha value is -2.85. The number of carbonyl (C=O) groups excluding carboxylic acids is 1. The zero-order valence-electron chi connectivity index (χ0n) is 18.2. The van der Waals surface area contributed by atoms with Crippen molar-refractivity contribution in [3.63, 3.8) is 0 Å². The predicted octanol–water partition coefficient (Wildman–Crippen LogP) is 3.64. The van der Waals surface area contributed by atoms with Crippen LogP contribution in [0.2, 0.25) is 0 Å². The summed E-state index contributed by atoms with van der Waals surface area (Å²) in [5.41, 5.74) is -0.131. The van der Waals surface area contributed by atoms with Gasteiger partial charge >= 0.3 is 6.18 Å². The molecule has 0 bridgehead atoms. The molecule has 10 heteroatoms. The normalized spacial score (nSPS) is 20.7. The Morgan fingerprint density at radius 2 is 2.00 bits per heavy atom. The maximum atomic E-state index is 12.7. The summed E-state index contributed by atoms with van der Waals surface area (Å²) in [5, 5.41) is 2.98. The fraction of sp³-hybridized carbons (Fsp3) is 0.478. The van der Waals surface area contributed by atoms with E-state index in [1.165, 1.54) is 18.9 Å². The molecule has 33 heavy (non-hydrogen) atoms. The highest BCUT2D eigenvalue weighted by Gasteiger charge is 2.34. The van der Waals surface area contributed by atoms with Crippen LogP contribution in [0, 0.1) is 5.92 Å². The first-order valence-electron chi connectivity index (χ1n) is 10.8. The highest BCUT2D eigenvalue weighted by Crippen LogP contribution is 2.31. The number of rotatable bonds is 9. The molecule has 1 aliphatic heterocycles. The van der Waals surface area contributed by atoms with E-state index in [0.717, 1.165) is 18.0 Å². The molecule has 0 unspecified atom stereocenters. The molecule has 2 aliphatic rings. The summed E-state index contributed by atoms with van der Waals surface area (Å²) in [6.07, 6.45) is -1.31. The lowest BCUT2D eigenvalue weighted by Crippen LogP contribution is -2.45. The minimum Gasteiger partial charge on any atom is -0.456 e. The maximum Gasteiger partial charge on any atom is 0.433 e. The first-order chi connectivity index (χ1) is 15.8. The summed E-state index contributed by atoms with van der Waals surface area (Å²) >= 11 is 0. The summed E-state index contributed by atoms with van der Waals surface area (Å²) in [6, 6.07) is 9.10. The van der Waals surface area contributed by atoms with E-state index < -0.39 is 11.9 Å². The fourth-order valence-corrected chi connectivity index (χ4v) is 3.70. The Labute approximate surface area is 189 Å². The number of alkyl halides is 3. The quantitative estimate of drug-likeness (QED) is 0.610. The first kappa shape index (κ1) is 23.3. The van der Waals surface area contributed by atoms with Crippen LogP contribution in [0.4, 0.5) is 18.9 Å². The van der Waals surface area contributed by atoms with Crippen molar-refractivity contribution in [2.24, 2.45) is 5.92 Å². The molecule has 178 valence electrons. The Balaban J connectivity index is 1.35. The summed E-state index contributed by atoms with van der Waals surface area (Å²) < 4.78 is 54.8.